The summed E-state index contributed by atoms with van der Waals surface area (Å²) >= 11 is 0. The Morgan fingerprint density at radius 3 is 1.02 bits per heavy atom. The summed E-state index contributed by atoms with van der Waals surface area (Å²) in [6.45, 7) is -1.36. The molecule has 0 saturated heterocycles. The molecule has 266 valence electrons. The van der Waals surface area contributed by atoms with Crippen molar-refractivity contribution in [1.82, 2.24) is 0 Å². The minimum absolute atomic E-state index is 0.186. The van der Waals surface area contributed by atoms with Gasteiger partial charge in [-0.3, -0.25) is 0 Å². The Bertz CT molecular complexity index is 2060. The van der Waals surface area contributed by atoms with Gasteiger partial charge in [-0.25, -0.2) is 0 Å². The Morgan fingerprint density at radius 1 is 0.415 bits per heavy atom. The van der Waals surface area contributed by atoms with Crippen LogP contribution in [0, 0.1) is 0 Å². The first-order valence-corrected chi connectivity index (χ1v) is 20.6. The summed E-state index contributed by atoms with van der Waals surface area (Å²) in [4.78, 5) is 0. The van der Waals surface area contributed by atoms with Gasteiger partial charge in [-0.2, -0.15) is 0 Å². The van der Waals surface area contributed by atoms with Crippen LogP contribution in [0.25, 0.3) is 0 Å². The van der Waals surface area contributed by atoms with Gasteiger partial charge in [0.1, 0.15) is 0 Å². The molecule has 7 rings (SSSR count). The summed E-state index contributed by atoms with van der Waals surface area (Å²) in [6.07, 6.45) is 2.86. The van der Waals surface area contributed by atoms with Crippen molar-refractivity contribution in [2.45, 2.75) is 31.6 Å². The number of phenols is 3. The molecule has 0 aliphatic rings. The molecule has 1 unspecified atom stereocenters. The molecule has 53 heavy (non-hydrogen) atoms. The Labute approximate surface area is 312 Å². The molecule has 0 aliphatic heterocycles. The molecule has 0 saturated carbocycles. The van der Waals surface area contributed by atoms with Gasteiger partial charge in [-0.15, -0.1) is 0 Å². The first-order valence-electron chi connectivity index (χ1n) is 18.3. The van der Waals surface area contributed by atoms with E-state index in [1.165, 1.54) is 15.9 Å². The molecule has 1 atom stereocenters. The molecule has 0 radical (unpaired) electrons. The fraction of sp³-hybridized carbons (Fsp3) is 0.125. The van der Waals surface area contributed by atoms with Crippen LogP contribution in [0.2, 0.25) is 0 Å². The van der Waals surface area contributed by atoms with Gasteiger partial charge < -0.3 is 0 Å². The van der Waals surface area contributed by atoms with Crippen molar-refractivity contribution in [2.75, 3.05) is 6.16 Å². The van der Waals surface area contributed by atoms with Gasteiger partial charge in [-0.05, 0) is 0 Å². The van der Waals surface area contributed by atoms with Crippen LogP contribution >= 0.6 is 6.83 Å². The molecule has 3 N–H and O–H groups in total. The van der Waals surface area contributed by atoms with Crippen LogP contribution in [-0.2, 0) is 0 Å². The fourth-order valence-electron chi connectivity index (χ4n) is 7.90. The Balaban J connectivity index is 1.42. The summed E-state index contributed by atoms with van der Waals surface area (Å²) in [6, 6.07) is 62.9. The second kappa shape index (κ2) is 15.4. The summed E-state index contributed by atoms with van der Waals surface area (Å²) in [5.41, 5.74) is 4.09. The number of aromatic hydroxyl groups is 3. The van der Waals surface area contributed by atoms with Crippen LogP contribution in [-0.4, -0.2) is 21.5 Å². The van der Waals surface area contributed by atoms with Gasteiger partial charge in [-0.1, -0.05) is 0 Å². The van der Waals surface area contributed by atoms with E-state index in [2.05, 4.69) is 122 Å². The van der Waals surface area contributed by atoms with Gasteiger partial charge in [0.25, 0.3) is 0 Å². The number of benzene rings is 7. The van der Waals surface area contributed by atoms with Gasteiger partial charge >= 0.3 is 314 Å². The zero-order chi connectivity index (χ0) is 36.7. The van der Waals surface area contributed by atoms with Crippen LogP contribution < -0.4 is 20.4 Å². The number of hydrogen-bond donors (Lipinski definition) is 3. The Hall–Kier alpha value is -5.83. The van der Waals surface area contributed by atoms with E-state index in [4.69, 9.17) is 4.52 Å². The molecule has 0 aliphatic carbocycles. The van der Waals surface area contributed by atoms with E-state index in [1.54, 1.807) is 36.4 Å². The Kier molecular flexibility index (Phi) is 10.3. The predicted molar refractivity (Wildman–Crippen MR) is 220 cm³/mol. The molecular formula is C48H45O4P. The van der Waals surface area contributed by atoms with Crippen molar-refractivity contribution < 1.29 is 19.8 Å². The van der Waals surface area contributed by atoms with E-state index in [-0.39, 0.29) is 29.1 Å². The first kappa shape index (κ1) is 35.6. The summed E-state index contributed by atoms with van der Waals surface area (Å²) in [5.74, 6) is 0.999. The van der Waals surface area contributed by atoms with E-state index in [0.29, 0.717) is 0 Å². The molecule has 0 fully saturated rings. The maximum atomic E-state index is 10.3. The Morgan fingerprint density at radius 2 is 0.717 bits per heavy atom. The molecule has 0 bridgehead atoms. The molecule has 0 spiro atoms. The average Bonchev–Trinajstić information content (AvgIpc) is 3.21. The van der Waals surface area contributed by atoms with Gasteiger partial charge in [0.05, 0.1) is 0 Å². The third kappa shape index (κ3) is 6.91. The topological polar surface area (TPSA) is 69.9 Å². The monoisotopic (exact) mass is 716 g/mol. The van der Waals surface area contributed by atoms with Crippen LogP contribution in [0.4, 0.5) is 0 Å². The zero-order valence-corrected chi connectivity index (χ0v) is 30.8. The number of hydrogen-bond acceptors (Lipinski definition) is 4. The van der Waals surface area contributed by atoms with Crippen LogP contribution in [0.15, 0.2) is 188 Å². The van der Waals surface area contributed by atoms with E-state index in [9.17, 15) is 15.3 Å². The normalized spacial score (nSPS) is 12.8. The van der Waals surface area contributed by atoms with E-state index < -0.39 is 6.83 Å². The van der Waals surface area contributed by atoms with Gasteiger partial charge in [0, 0.05) is 0 Å². The molecule has 7 aromatic rings. The van der Waals surface area contributed by atoms with Gasteiger partial charge in [0.15, 0.2) is 0 Å². The molecule has 4 nitrogen and oxygen atoms in total. The molecular weight excluding hydrogens is 671 g/mol. The van der Waals surface area contributed by atoms with E-state index in [0.717, 1.165) is 47.0 Å². The van der Waals surface area contributed by atoms with Crippen LogP contribution in [0.3, 0.4) is 0 Å². The van der Waals surface area contributed by atoms with Crippen molar-refractivity contribution in [3.05, 3.63) is 210 Å². The second-order valence-corrected chi connectivity index (χ2v) is 18.3. The quantitative estimate of drug-likeness (QED) is 0.104. The molecule has 0 aromatic heterocycles. The van der Waals surface area contributed by atoms with E-state index in [1.807, 2.05) is 36.4 Å². The third-order valence-electron chi connectivity index (χ3n) is 10.5. The predicted octanol–water partition coefficient (Wildman–Crippen LogP) is 10.4. The maximum absolute atomic E-state index is 10.3. The molecule has 5 heteroatoms. The summed E-state index contributed by atoms with van der Waals surface area (Å²) in [5, 5.41) is 34.3. The first-order chi connectivity index (χ1) is 25.9. The summed E-state index contributed by atoms with van der Waals surface area (Å²) < 4.78 is 7.80. The average molecular weight is 717 g/mol. The molecule has 7 aromatic carbocycles. The van der Waals surface area contributed by atoms with Crippen LogP contribution in [0.1, 0.15) is 53.9 Å². The number of unbranched alkanes of at least 4 members (excludes halogenated alkanes) is 1. The zero-order valence-electron chi connectivity index (χ0n) is 29.9. The third-order valence-corrected chi connectivity index (χ3v) is 16.4. The van der Waals surface area contributed by atoms with Gasteiger partial charge in [0.2, 0.25) is 0 Å². The minimum atomic E-state index is -3.60. The number of phenolic OH excluding ortho intramolecular Hbond substituents is 3. The second-order valence-electron chi connectivity index (χ2n) is 13.7. The SMILES string of the molecule is CCCCP(Oc1ccc(C(c2ccc(O)cc2)C(c2ccc(O)cc2)c2ccc(O)cc2)cc1)(c1ccccc1)(c1ccccc1)c1ccccc1. The number of rotatable bonds is 13. The van der Waals surface area contributed by atoms with Crippen LogP contribution in [0.5, 0.6) is 23.0 Å². The fourth-order valence-corrected chi connectivity index (χ4v) is 13.9. The van der Waals surface area contributed by atoms with E-state index >= 15 is 0 Å². The van der Waals surface area contributed by atoms with Crippen molar-refractivity contribution >= 4 is 22.7 Å². The van der Waals surface area contributed by atoms with Crippen molar-refractivity contribution in [3.8, 4) is 23.0 Å². The standard InChI is InChI=1S/C48H45O4P/c1-2-3-35-53(44-13-7-4-8-14-44,45-15-9-5-10-16-45,46-17-11-6-12-18-46)52-43-33-25-39(26-34-43)48(38-23-31-42(51)32-24-38)47(36-19-27-40(49)28-20-36)37-21-29-41(50)30-22-37/h4-34,47-51H,2-3,35H2,1H3. The van der Waals surface area contributed by atoms with Crippen molar-refractivity contribution in [3.63, 3.8) is 0 Å². The molecule has 0 heterocycles. The van der Waals surface area contributed by atoms with Crippen molar-refractivity contribution in [1.29, 1.82) is 0 Å². The van der Waals surface area contributed by atoms with Crippen molar-refractivity contribution in [2.24, 2.45) is 0 Å². The molecule has 0 amide bonds. The summed E-state index contributed by atoms with van der Waals surface area (Å²) in [7, 11) is 0.